The molecule has 3 aliphatic heterocycles. The van der Waals surface area contributed by atoms with E-state index in [0.717, 1.165) is 23.9 Å². The van der Waals surface area contributed by atoms with Crippen LogP contribution in [0.4, 0.5) is 0 Å². The van der Waals surface area contributed by atoms with Crippen molar-refractivity contribution in [1.82, 2.24) is 14.7 Å². The summed E-state index contributed by atoms with van der Waals surface area (Å²) in [6.07, 6.45) is 4.43. The van der Waals surface area contributed by atoms with Gasteiger partial charge in [0, 0.05) is 50.2 Å². The second-order valence-corrected chi connectivity index (χ2v) is 8.59. The Balaban J connectivity index is 1.32. The molecule has 0 bridgehead atoms. The Hall–Kier alpha value is -0.120. The number of hydrogen-bond donors (Lipinski definition) is 0. The molecule has 3 saturated heterocycles. The lowest BCUT2D eigenvalue weighted by Gasteiger charge is -2.50. The minimum Gasteiger partial charge on any atom is -0.306 e. The molecule has 3 heteroatoms. The maximum Gasteiger partial charge on any atom is 0.0102 e. The Morgan fingerprint density at radius 2 is 1.65 bits per heavy atom. The molecule has 4 aliphatic rings. The molecule has 1 spiro atoms. The molecule has 4 fully saturated rings. The predicted molar refractivity (Wildman–Crippen MR) is 82.8 cm³/mol. The molecule has 2 unspecified atom stereocenters. The van der Waals surface area contributed by atoms with Crippen LogP contribution in [0.5, 0.6) is 0 Å². The van der Waals surface area contributed by atoms with Crippen molar-refractivity contribution in [2.75, 3.05) is 46.3 Å². The van der Waals surface area contributed by atoms with Gasteiger partial charge in [-0.15, -0.1) is 0 Å². The van der Waals surface area contributed by atoms with Crippen LogP contribution in [-0.2, 0) is 0 Å². The van der Waals surface area contributed by atoms with E-state index in [0.29, 0.717) is 5.41 Å². The third-order valence-corrected chi connectivity index (χ3v) is 6.70. The van der Waals surface area contributed by atoms with Crippen molar-refractivity contribution in [3.63, 3.8) is 0 Å². The number of fused-ring (bicyclic) bond motifs is 1. The van der Waals surface area contributed by atoms with Crippen LogP contribution in [0.3, 0.4) is 0 Å². The topological polar surface area (TPSA) is 9.72 Å². The number of likely N-dealkylation sites (tertiary alicyclic amines) is 3. The second kappa shape index (κ2) is 4.69. The molecule has 3 nitrogen and oxygen atoms in total. The van der Waals surface area contributed by atoms with Gasteiger partial charge in [-0.3, -0.25) is 9.80 Å². The minimum atomic E-state index is 0.679. The quantitative estimate of drug-likeness (QED) is 0.761. The fourth-order valence-electron chi connectivity index (χ4n) is 5.52. The van der Waals surface area contributed by atoms with Gasteiger partial charge >= 0.3 is 0 Å². The van der Waals surface area contributed by atoms with E-state index in [-0.39, 0.29) is 0 Å². The molecular formula is C17H31N3. The third-order valence-electron chi connectivity index (χ3n) is 6.70. The first-order chi connectivity index (χ1) is 9.55. The standard InChI is InChI=1S/C17H31N3/c1-13(2)20-11-17(12-20)4-5-19(10-17)16-6-14-8-18(3)9-15(14)7-16/h13-16H,4-12H2,1-3H3. The van der Waals surface area contributed by atoms with Crippen LogP contribution in [0.25, 0.3) is 0 Å². The van der Waals surface area contributed by atoms with Crippen LogP contribution in [0, 0.1) is 17.3 Å². The zero-order valence-corrected chi connectivity index (χ0v) is 13.5. The Morgan fingerprint density at radius 1 is 1.00 bits per heavy atom. The number of rotatable bonds is 2. The largest absolute Gasteiger partial charge is 0.306 e. The van der Waals surface area contributed by atoms with Gasteiger partial charge < -0.3 is 4.90 Å². The highest BCUT2D eigenvalue weighted by atomic mass is 15.3. The minimum absolute atomic E-state index is 0.679. The molecule has 20 heavy (non-hydrogen) atoms. The van der Waals surface area contributed by atoms with Gasteiger partial charge in [-0.2, -0.15) is 0 Å². The fourth-order valence-corrected chi connectivity index (χ4v) is 5.52. The molecular weight excluding hydrogens is 246 g/mol. The van der Waals surface area contributed by atoms with Crippen LogP contribution < -0.4 is 0 Å². The maximum absolute atomic E-state index is 2.87. The van der Waals surface area contributed by atoms with E-state index < -0.39 is 0 Å². The summed E-state index contributed by atoms with van der Waals surface area (Å²) in [6, 6.07) is 1.67. The molecule has 0 aromatic rings. The summed E-state index contributed by atoms with van der Waals surface area (Å²) in [4.78, 5) is 8.07. The first-order valence-electron chi connectivity index (χ1n) is 8.71. The van der Waals surface area contributed by atoms with Gasteiger partial charge in [-0.05, 0) is 58.5 Å². The van der Waals surface area contributed by atoms with E-state index in [4.69, 9.17) is 0 Å². The van der Waals surface area contributed by atoms with Gasteiger partial charge in [-0.1, -0.05) is 0 Å². The first-order valence-corrected chi connectivity index (χ1v) is 8.71. The molecule has 0 N–H and O–H groups in total. The molecule has 0 amide bonds. The molecule has 2 atom stereocenters. The van der Waals surface area contributed by atoms with Crippen molar-refractivity contribution in [3.05, 3.63) is 0 Å². The normalized spacial score (nSPS) is 41.7. The summed E-state index contributed by atoms with van der Waals surface area (Å²) in [5.41, 5.74) is 0.679. The molecule has 4 rings (SSSR count). The van der Waals surface area contributed by atoms with Gasteiger partial charge in [0.15, 0.2) is 0 Å². The summed E-state index contributed by atoms with van der Waals surface area (Å²) < 4.78 is 0. The first kappa shape index (κ1) is 13.5. The highest BCUT2D eigenvalue weighted by molar-refractivity contribution is 5.05. The molecule has 0 aromatic heterocycles. The van der Waals surface area contributed by atoms with Crippen molar-refractivity contribution in [2.24, 2.45) is 17.3 Å². The average molecular weight is 277 g/mol. The highest BCUT2D eigenvalue weighted by Gasteiger charge is 2.51. The monoisotopic (exact) mass is 277 g/mol. The smallest absolute Gasteiger partial charge is 0.0102 e. The summed E-state index contributed by atoms with van der Waals surface area (Å²) in [7, 11) is 2.30. The Labute approximate surface area is 124 Å². The van der Waals surface area contributed by atoms with Gasteiger partial charge in [0.05, 0.1) is 0 Å². The Bertz CT molecular complexity index is 360. The molecule has 1 saturated carbocycles. The van der Waals surface area contributed by atoms with E-state index in [9.17, 15) is 0 Å². The summed E-state index contributed by atoms with van der Waals surface area (Å²) >= 11 is 0. The molecule has 3 heterocycles. The molecule has 0 radical (unpaired) electrons. The van der Waals surface area contributed by atoms with Crippen molar-refractivity contribution < 1.29 is 0 Å². The number of nitrogens with zero attached hydrogens (tertiary/aromatic N) is 3. The van der Waals surface area contributed by atoms with Crippen molar-refractivity contribution in [1.29, 1.82) is 0 Å². The zero-order chi connectivity index (χ0) is 13.9. The molecule has 0 aromatic carbocycles. The Kier molecular flexibility index (Phi) is 3.17. The van der Waals surface area contributed by atoms with Crippen LogP contribution in [0.15, 0.2) is 0 Å². The SMILES string of the molecule is CC(C)N1CC2(CCN(C3CC4CN(C)CC4C3)C2)C1. The van der Waals surface area contributed by atoms with E-state index in [1.54, 1.807) is 0 Å². The van der Waals surface area contributed by atoms with Crippen molar-refractivity contribution >= 4 is 0 Å². The summed E-state index contributed by atoms with van der Waals surface area (Å²) in [5.74, 6) is 2.02. The van der Waals surface area contributed by atoms with Crippen molar-refractivity contribution in [2.45, 2.75) is 45.2 Å². The van der Waals surface area contributed by atoms with E-state index in [2.05, 4.69) is 35.6 Å². The van der Waals surface area contributed by atoms with Crippen LogP contribution in [-0.4, -0.2) is 73.1 Å². The van der Waals surface area contributed by atoms with E-state index in [1.165, 1.54) is 58.5 Å². The van der Waals surface area contributed by atoms with E-state index >= 15 is 0 Å². The average Bonchev–Trinajstić information content (AvgIpc) is 2.96. The fraction of sp³-hybridized carbons (Fsp3) is 1.00. The van der Waals surface area contributed by atoms with Crippen molar-refractivity contribution in [3.8, 4) is 0 Å². The summed E-state index contributed by atoms with van der Waals surface area (Å²) in [6.45, 7) is 12.9. The van der Waals surface area contributed by atoms with Crippen LogP contribution >= 0.6 is 0 Å². The van der Waals surface area contributed by atoms with Gasteiger partial charge in [0.1, 0.15) is 0 Å². The summed E-state index contributed by atoms with van der Waals surface area (Å²) in [5, 5.41) is 0. The van der Waals surface area contributed by atoms with Gasteiger partial charge in [0.25, 0.3) is 0 Å². The lowest BCUT2D eigenvalue weighted by Crippen LogP contribution is -2.59. The third kappa shape index (κ3) is 2.13. The lowest BCUT2D eigenvalue weighted by atomic mass is 9.78. The molecule has 114 valence electrons. The molecule has 1 aliphatic carbocycles. The van der Waals surface area contributed by atoms with Gasteiger partial charge in [0.2, 0.25) is 0 Å². The zero-order valence-electron chi connectivity index (χ0n) is 13.5. The van der Waals surface area contributed by atoms with Gasteiger partial charge in [-0.25, -0.2) is 0 Å². The maximum atomic E-state index is 2.87. The number of hydrogen-bond acceptors (Lipinski definition) is 3. The van der Waals surface area contributed by atoms with E-state index in [1.807, 2.05) is 0 Å². The second-order valence-electron chi connectivity index (χ2n) is 8.59. The predicted octanol–water partition coefficient (Wildman–Crippen LogP) is 1.74. The lowest BCUT2D eigenvalue weighted by molar-refractivity contribution is -0.0168. The Morgan fingerprint density at radius 3 is 2.25 bits per heavy atom. The highest BCUT2D eigenvalue weighted by Crippen LogP contribution is 2.45. The van der Waals surface area contributed by atoms with Crippen LogP contribution in [0.1, 0.15) is 33.1 Å². The van der Waals surface area contributed by atoms with Crippen LogP contribution in [0.2, 0.25) is 0 Å².